The molecule has 1 aromatic heterocycles. The number of hydrogen-bond acceptors (Lipinski definition) is 3. The molecule has 1 aliphatic heterocycles. The number of nitrogens with one attached hydrogen (secondary N) is 1. The molecule has 0 unspecified atom stereocenters. The second kappa shape index (κ2) is 5.48. The Balaban J connectivity index is 2.51. The van der Waals surface area contributed by atoms with Crippen LogP contribution in [-0.2, 0) is 0 Å². The molecular formula is C14H16BrN3. The molecule has 1 aliphatic rings. The van der Waals surface area contributed by atoms with Gasteiger partial charge in [-0.3, -0.25) is 9.98 Å². The summed E-state index contributed by atoms with van der Waals surface area (Å²) in [5, 5.41) is 3.34. The predicted octanol–water partition coefficient (Wildman–Crippen LogP) is 3.43. The minimum Gasteiger partial charge on any atom is -0.388 e. The van der Waals surface area contributed by atoms with E-state index in [0.29, 0.717) is 0 Å². The van der Waals surface area contributed by atoms with Gasteiger partial charge in [0.05, 0.1) is 5.71 Å². The van der Waals surface area contributed by atoms with Crippen LogP contribution < -0.4 is 5.32 Å². The van der Waals surface area contributed by atoms with E-state index in [1.165, 1.54) is 11.3 Å². The average Bonchev–Trinajstić information content (AvgIpc) is 2.72. The number of rotatable bonds is 3. The van der Waals surface area contributed by atoms with Crippen molar-refractivity contribution in [3.63, 3.8) is 0 Å². The third-order valence-electron chi connectivity index (χ3n) is 2.78. The number of nitrogens with zero attached hydrogens (tertiary/aromatic N) is 2. The van der Waals surface area contributed by atoms with Crippen molar-refractivity contribution in [2.75, 3.05) is 6.54 Å². The summed E-state index contributed by atoms with van der Waals surface area (Å²) >= 11 is 3.45. The van der Waals surface area contributed by atoms with Crippen molar-refractivity contribution in [2.45, 2.75) is 20.3 Å². The maximum Gasteiger partial charge on any atom is 0.0770 e. The molecule has 0 amide bonds. The van der Waals surface area contributed by atoms with E-state index >= 15 is 0 Å². The first-order chi connectivity index (χ1) is 8.58. The lowest BCUT2D eigenvalue weighted by atomic mass is 10.0. The van der Waals surface area contributed by atoms with Gasteiger partial charge in [-0.15, -0.1) is 0 Å². The first kappa shape index (κ1) is 13.0. The second-order valence-corrected chi connectivity index (χ2v) is 5.28. The van der Waals surface area contributed by atoms with Crippen LogP contribution in [0.2, 0.25) is 0 Å². The van der Waals surface area contributed by atoms with Crippen molar-refractivity contribution >= 4 is 21.6 Å². The van der Waals surface area contributed by atoms with Gasteiger partial charge in [0.25, 0.3) is 0 Å². The van der Waals surface area contributed by atoms with Crippen LogP contribution in [0.15, 0.2) is 51.5 Å². The minimum atomic E-state index is 0.803. The molecule has 2 rings (SSSR count). The molecule has 4 heteroatoms. The van der Waals surface area contributed by atoms with Gasteiger partial charge in [0, 0.05) is 40.4 Å². The van der Waals surface area contributed by atoms with Crippen LogP contribution in [0.1, 0.15) is 25.8 Å². The number of aliphatic imine (C=N–C) groups is 1. The van der Waals surface area contributed by atoms with Crippen LogP contribution in [0.5, 0.6) is 0 Å². The standard InChI is InChI=1S/C14H16BrN3/c1-9(2)18-14(13-4-5-17-10(13)3)11-6-12(15)8-16-7-11/h6-8,17H,1,4-5H2,2-3H3/b18-14-. The van der Waals surface area contributed by atoms with Crippen molar-refractivity contribution in [3.05, 3.63) is 52.0 Å². The Morgan fingerprint density at radius 1 is 1.50 bits per heavy atom. The third kappa shape index (κ3) is 2.88. The smallest absolute Gasteiger partial charge is 0.0770 e. The lowest BCUT2D eigenvalue weighted by Crippen LogP contribution is -2.07. The molecule has 1 N–H and O–H groups in total. The first-order valence-electron chi connectivity index (χ1n) is 5.87. The first-order valence-corrected chi connectivity index (χ1v) is 6.66. The Bertz CT molecular complexity index is 544. The zero-order valence-electron chi connectivity index (χ0n) is 10.6. The normalized spacial score (nSPS) is 15.8. The fraction of sp³-hybridized carbons (Fsp3) is 0.286. The van der Waals surface area contributed by atoms with Crippen LogP contribution in [0.3, 0.4) is 0 Å². The van der Waals surface area contributed by atoms with Crippen molar-refractivity contribution in [1.82, 2.24) is 10.3 Å². The largest absolute Gasteiger partial charge is 0.388 e. The van der Waals surface area contributed by atoms with Gasteiger partial charge in [-0.2, -0.15) is 0 Å². The summed E-state index contributed by atoms with van der Waals surface area (Å²) in [6.45, 7) is 8.84. The third-order valence-corrected chi connectivity index (χ3v) is 3.22. The zero-order valence-corrected chi connectivity index (χ0v) is 12.2. The monoisotopic (exact) mass is 305 g/mol. The van der Waals surface area contributed by atoms with Crippen molar-refractivity contribution < 1.29 is 0 Å². The Morgan fingerprint density at radius 2 is 2.28 bits per heavy atom. The molecule has 0 bridgehead atoms. The summed E-state index contributed by atoms with van der Waals surface area (Å²) in [5.41, 5.74) is 5.23. The molecule has 0 saturated heterocycles. The summed E-state index contributed by atoms with van der Waals surface area (Å²) in [4.78, 5) is 8.79. The van der Waals surface area contributed by atoms with Gasteiger partial charge in [-0.1, -0.05) is 6.58 Å². The molecular weight excluding hydrogens is 290 g/mol. The van der Waals surface area contributed by atoms with Crippen LogP contribution in [-0.4, -0.2) is 17.2 Å². The molecule has 0 fully saturated rings. The highest BCUT2D eigenvalue weighted by Crippen LogP contribution is 2.22. The molecule has 0 radical (unpaired) electrons. The molecule has 18 heavy (non-hydrogen) atoms. The number of hydrogen-bond donors (Lipinski definition) is 1. The lowest BCUT2D eigenvalue weighted by Gasteiger charge is -2.09. The van der Waals surface area contributed by atoms with Crippen molar-refractivity contribution in [2.24, 2.45) is 4.99 Å². The van der Waals surface area contributed by atoms with Crippen molar-refractivity contribution in [3.8, 4) is 0 Å². The molecule has 0 atom stereocenters. The molecule has 0 saturated carbocycles. The highest BCUT2D eigenvalue weighted by molar-refractivity contribution is 9.10. The Morgan fingerprint density at radius 3 is 2.83 bits per heavy atom. The quantitative estimate of drug-likeness (QED) is 0.869. The van der Waals surface area contributed by atoms with Crippen LogP contribution in [0, 0.1) is 0 Å². The Kier molecular flexibility index (Phi) is 3.97. The number of pyridine rings is 1. The van der Waals surface area contributed by atoms with E-state index in [1.807, 2.05) is 19.2 Å². The summed E-state index contributed by atoms with van der Waals surface area (Å²) in [5.74, 6) is 0. The Labute approximate surface area is 116 Å². The van der Waals surface area contributed by atoms with Gasteiger partial charge in [0.2, 0.25) is 0 Å². The highest BCUT2D eigenvalue weighted by atomic mass is 79.9. The lowest BCUT2D eigenvalue weighted by molar-refractivity contribution is 0.874. The average molecular weight is 306 g/mol. The van der Waals surface area contributed by atoms with Gasteiger partial charge in [0.15, 0.2) is 0 Å². The van der Waals surface area contributed by atoms with E-state index in [1.54, 1.807) is 6.20 Å². The molecule has 1 aromatic rings. The summed E-state index contributed by atoms with van der Waals surface area (Å²) in [6.07, 6.45) is 4.60. The minimum absolute atomic E-state index is 0.803. The van der Waals surface area contributed by atoms with Gasteiger partial charge < -0.3 is 5.32 Å². The van der Waals surface area contributed by atoms with E-state index < -0.39 is 0 Å². The highest BCUT2D eigenvalue weighted by Gasteiger charge is 2.18. The Hall–Kier alpha value is -1.42. The fourth-order valence-corrected chi connectivity index (χ4v) is 2.37. The fourth-order valence-electron chi connectivity index (χ4n) is 2.00. The maximum atomic E-state index is 4.58. The molecule has 0 aromatic carbocycles. The molecule has 2 heterocycles. The van der Waals surface area contributed by atoms with Crippen LogP contribution in [0.4, 0.5) is 0 Å². The van der Waals surface area contributed by atoms with E-state index in [0.717, 1.165) is 34.4 Å². The summed E-state index contributed by atoms with van der Waals surface area (Å²) < 4.78 is 0.957. The molecule has 3 nitrogen and oxygen atoms in total. The summed E-state index contributed by atoms with van der Waals surface area (Å²) in [6, 6.07) is 2.04. The van der Waals surface area contributed by atoms with Crippen molar-refractivity contribution in [1.29, 1.82) is 0 Å². The maximum absolute atomic E-state index is 4.58. The van der Waals surface area contributed by atoms with E-state index in [-0.39, 0.29) is 0 Å². The number of halogens is 1. The van der Waals surface area contributed by atoms with Crippen LogP contribution >= 0.6 is 15.9 Å². The van der Waals surface area contributed by atoms with Gasteiger partial charge in [0.1, 0.15) is 0 Å². The zero-order chi connectivity index (χ0) is 13.1. The topological polar surface area (TPSA) is 37.3 Å². The summed E-state index contributed by atoms with van der Waals surface area (Å²) in [7, 11) is 0. The molecule has 0 aliphatic carbocycles. The molecule has 94 valence electrons. The van der Waals surface area contributed by atoms with E-state index in [9.17, 15) is 0 Å². The molecule has 0 spiro atoms. The number of aromatic nitrogens is 1. The predicted molar refractivity (Wildman–Crippen MR) is 78.6 cm³/mol. The van der Waals surface area contributed by atoms with Crippen LogP contribution in [0.25, 0.3) is 0 Å². The van der Waals surface area contributed by atoms with Gasteiger partial charge >= 0.3 is 0 Å². The van der Waals surface area contributed by atoms with E-state index in [2.05, 4.69) is 44.7 Å². The van der Waals surface area contributed by atoms with E-state index in [4.69, 9.17) is 0 Å². The number of allylic oxidation sites excluding steroid dienone is 2. The van der Waals surface area contributed by atoms with Gasteiger partial charge in [-0.05, 0) is 47.8 Å². The second-order valence-electron chi connectivity index (χ2n) is 4.37. The SMILES string of the molecule is C=C(C)/N=C(\C1=C(C)NCC1)c1cncc(Br)c1. The van der Waals surface area contributed by atoms with Gasteiger partial charge in [-0.25, -0.2) is 0 Å².